The van der Waals surface area contributed by atoms with Gasteiger partial charge in [0.2, 0.25) is 0 Å². The van der Waals surface area contributed by atoms with Crippen molar-refractivity contribution in [1.29, 1.82) is 0 Å². The van der Waals surface area contributed by atoms with Crippen LogP contribution in [0, 0.1) is 5.92 Å². The van der Waals surface area contributed by atoms with Crippen LogP contribution in [0.25, 0.3) is 0 Å². The van der Waals surface area contributed by atoms with Crippen LogP contribution in [-0.4, -0.2) is 57.9 Å². The lowest BCUT2D eigenvalue weighted by Crippen LogP contribution is -2.35. The zero-order valence-corrected chi connectivity index (χ0v) is 21.9. The highest BCUT2D eigenvalue weighted by atomic mass is 32.2. The zero-order chi connectivity index (χ0) is 25.3. The molecule has 11 nitrogen and oxygen atoms in total. The van der Waals surface area contributed by atoms with Crippen LogP contribution in [0.4, 0.5) is 0 Å². The molecule has 0 spiro atoms. The Morgan fingerprint density at radius 1 is 1.24 bits per heavy atom. The Morgan fingerprint density at radius 2 is 1.97 bits per heavy atom. The minimum atomic E-state index is -1.67. The van der Waals surface area contributed by atoms with Gasteiger partial charge in [0.25, 0.3) is 14.1 Å². The summed E-state index contributed by atoms with van der Waals surface area (Å²) >= 11 is 1.19. The van der Waals surface area contributed by atoms with Gasteiger partial charge in [0.05, 0.1) is 25.4 Å². The van der Waals surface area contributed by atoms with E-state index in [1.807, 2.05) is 13.8 Å². The molecule has 192 valence electrons. The molecule has 0 bridgehead atoms. The van der Waals surface area contributed by atoms with Gasteiger partial charge in [0.1, 0.15) is 12.3 Å². The van der Waals surface area contributed by atoms with Crippen LogP contribution in [0.1, 0.15) is 53.7 Å². The highest BCUT2D eigenvalue weighted by Gasteiger charge is 2.29. The van der Waals surface area contributed by atoms with Crippen LogP contribution >= 0.6 is 20.3 Å². The van der Waals surface area contributed by atoms with E-state index in [9.17, 15) is 19.2 Å². The van der Waals surface area contributed by atoms with Crippen LogP contribution < -0.4 is 16.3 Å². The summed E-state index contributed by atoms with van der Waals surface area (Å²) in [5.74, 6) is -0.0224. The number of aromatic amines is 1. The highest BCUT2D eigenvalue weighted by molar-refractivity contribution is 8.13. The lowest BCUT2D eigenvalue weighted by atomic mass is 10.2. The van der Waals surface area contributed by atoms with Gasteiger partial charge < -0.3 is 18.5 Å². The van der Waals surface area contributed by atoms with Gasteiger partial charge in [-0.25, -0.2) is 9.88 Å². The third kappa shape index (κ3) is 9.59. The molecule has 1 fully saturated rings. The van der Waals surface area contributed by atoms with Crippen LogP contribution in [0.2, 0.25) is 0 Å². The molecule has 0 saturated carbocycles. The Bertz CT molecular complexity index is 922. The number of hydrogen-bond donors (Lipinski definition) is 2. The number of thioether (sulfide) groups is 1. The van der Waals surface area contributed by atoms with Crippen LogP contribution in [0.15, 0.2) is 21.9 Å². The maximum absolute atomic E-state index is 12.2. The first kappa shape index (κ1) is 28.7. The summed E-state index contributed by atoms with van der Waals surface area (Å²) in [7, 11) is -1.67. The second-order valence-corrected chi connectivity index (χ2v) is 10.7. The fourth-order valence-electron chi connectivity index (χ4n) is 2.90. The molecule has 1 aliphatic rings. The van der Waals surface area contributed by atoms with Gasteiger partial charge in [-0.2, -0.15) is 0 Å². The molecule has 2 N–H and O–H groups in total. The minimum absolute atomic E-state index is 0.0610. The summed E-state index contributed by atoms with van der Waals surface area (Å²) in [5.41, 5.74) is -0.997. The molecular weight excluding hydrogens is 485 g/mol. The molecule has 0 amide bonds. The number of aromatic nitrogens is 2. The Morgan fingerprint density at radius 3 is 2.62 bits per heavy atom. The first-order chi connectivity index (χ1) is 16.1. The fourth-order valence-corrected chi connectivity index (χ4v) is 4.93. The van der Waals surface area contributed by atoms with Crippen LogP contribution in [-0.2, 0) is 28.1 Å². The van der Waals surface area contributed by atoms with Crippen molar-refractivity contribution < 1.29 is 28.1 Å². The number of esters is 1. The number of H-pyrrole nitrogens is 1. The standard InChI is InChI=1S/C21H34N3O8PS/c1-13(2)20(27)34-11-10-29-33(23-15(5)19(26)31-14(3)4)30-12-16-6-7-18(32-16)24-9-8-17(25)22-21(24)28/h8-9,13-16,18,23H,6-7,10-12H2,1-5H3,(H,22,25,28)/t15?,16?,18?,33-/m0/s1. The van der Waals surface area contributed by atoms with Crippen LogP contribution in [0.5, 0.6) is 0 Å². The van der Waals surface area contributed by atoms with E-state index in [4.69, 9.17) is 18.5 Å². The molecule has 1 aromatic rings. The molecule has 0 aromatic carbocycles. The lowest BCUT2D eigenvalue weighted by Gasteiger charge is -2.23. The monoisotopic (exact) mass is 519 g/mol. The molecule has 1 saturated heterocycles. The number of rotatable bonds is 13. The first-order valence-electron chi connectivity index (χ1n) is 11.2. The van der Waals surface area contributed by atoms with Gasteiger partial charge >= 0.3 is 11.7 Å². The van der Waals surface area contributed by atoms with E-state index in [0.29, 0.717) is 18.6 Å². The Balaban J connectivity index is 1.90. The number of carbonyl (C=O) groups excluding carboxylic acids is 2. The van der Waals surface area contributed by atoms with Crippen molar-refractivity contribution in [3.05, 3.63) is 33.1 Å². The van der Waals surface area contributed by atoms with Crippen molar-refractivity contribution in [1.82, 2.24) is 14.6 Å². The number of nitrogens with one attached hydrogen (secondary N) is 2. The zero-order valence-electron chi connectivity index (χ0n) is 20.1. The summed E-state index contributed by atoms with van der Waals surface area (Å²) in [6, 6.07) is 0.612. The molecule has 0 radical (unpaired) electrons. The SMILES string of the molecule is CC(C)OC(=O)C(C)N[P@@](OCCSC(=O)C(C)C)OCC1CCC(n2ccc(=O)[nH]c2=O)O1. The molecule has 4 atom stereocenters. The van der Waals surface area contributed by atoms with E-state index in [1.54, 1.807) is 20.8 Å². The largest absolute Gasteiger partial charge is 0.462 e. The van der Waals surface area contributed by atoms with Crippen molar-refractivity contribution in [2.24, 2.45) is 5.92 Å². The van der Waals surface area contributed by atoms with E-state index < -0.39 is 38.0 Å². The molecule has 1 aliphatic heterocycles. The lowest BCUT2D eigenvalue weighted by molar-refractivity contribution is -0.149. The van der Waals surface area contributed by atoms with E-state index in [1.165, 1.54) is 28.6 Å². The quantitative estimate of drug-likeness (QED) is 0.227. The number of nitrogens with zero attached hydrogens (tertiary/aromatic N) is 1. The number of hydrogen-bond acceptors (Lipinski definition) is 10. The van der Waals surface area contributed by atoms with E-state index in [-0.39, 0.29) is 36.5 Å². The van der Waals surface area contributed by atoms with Gasteiger partial charge in [-0.05, 0) is 33.6 Å². The Hall–Kier alpha value is -1.56. The molecule has 0 aliphatic carbocycles. The average Bonchev–Trinajstić information content (AvgIpc) is 3.22. The van der Waals surface area contributed by atoms with Crippen molar-refractivity contribution in [3.63, 3.8) is 0 Å². The van der Waals surface area contributed by atoms with Gasteiger partial charge in [-0.3, -0.25) is 23.9 Å². The normalized spacial score (nSPS) is 20.0. The fraction of sp³-hybridized carbons (Fsp3) is 0.714. The number of carbonyl (C=O) groups is 2. The second-order valence-electron chi connectivity index (χ2n) is 8.35. The Labute approximate surface area is 204 Å². The molecule has 13 heteroatoms. The van der Waals surface area contributed by atoms with Gasteiger partial charge in [-0.15, -0.1) is 0 Å². The molecule has 3 unspecified atom stereocenters. The molecule has 34 heavy (non-hydrogen) atoms. The van der Waals surface area contributed by atoms with Gasteiger partial charge in [-0.1, -0.05) is 25.6 Å². The molecular formula is C21H34N3O8PS. The number of ether oxygens (including phenoxy) is 2. The summed E-state index contributed by atoms with van der Waals surface area (Å²) in [5, 5.41) is 3.10. The predicted molar refractivity (Wildman–Crippen MR) is 129 cm³/mol. The summed E-state index contributed by atoms with van der Waals surface area (Å²) in [6.07, 6.45) is 1.58. The summed E-state index contributed by atoms with van der Waals surface area (Å²) < 4.78 is 24.2. The van der Waals surface area contributed by atoms with E-state index in [0.717, 1.165) is 0 Å². The van der Waals surface area contributed by atoms with Crippen molar-refractivity contribution >= 4 is 31.4 Å². The predicted octanol–water partition coefficient (Wildman–Crippen LogP) is 2.32. The smallest absolute Gasteiger partial charge is 0.330 e. The third-order valence-corrected chi connectivity index (χ3v) is 7.16. The van der Waals surface area contributed by atoms with Gasteiger partial charge in [0, 0.05) is 23.9 Å². The molecule has 2 rings (SSSR count). The highest BCUT2D eigenvalue weighted by Crippen LogP contribution is 2.37. The first-order valence-corrected chi connectivity index (χ1v) is 13.4. The second kappa shape index (κ2) is 14.1. The van der Waals surface area contributed by atoms with Crippen molar-refractivity contribution in [2.75, 3.05) is 19.0 Å². The molecule has 2 heterocycles. The van der Waals surface area contributed by atoms with Crippen LogP contribution in [0.3, 0.4) is 0 Å². The summed E-state index contributed by atoms with van der Waals surface area (Å²) in [6.45, 7) is 9.31. The van der Waals surface area contributed by atoms with Crippen molar-refractivity contribution in [3.8, 4) is 0 Å². The van der Waals surface area contributed by atoms with E-state index in [2.05, 4.69) is 10.1 Å². The topological polar surface area (TPSA) is 138 Å². The van der Waals surface area contributed by atoms with Gasteiger partial charge in [0.15, 0.2) is 5.12 Å². The Kier molecular flexibility index (Phi) is 11.9. The minimum Gasteiger partial charge on any atom is -0.462 e. The molecule has 1 aromatic heterocycles. The summed E-state index contributed by atoms with van der Waals surface area (Å²) in [4.78, 5) is 49.5. The maximum atomic E-state index is 12.2. The third-order valence-electron chi connectivity index (χ3n) is 4.64. The van der Waals surface area contributed by atoms with Crippen molar-refractivity contribution in [2.45, 2.75) is 71.9 Å². The average molecular weight is 520 g/mol. The van der Waals surface area contributed by atoms with E-state index >= 15 is 0 Å². The maximum Gasteiger partial charge on any atom is 0.330 e.